The molecule has 5 nitrogen and oxygen atoms in total. The lowest BCUT2D eigenvalue weighted by atomic mass is 10.2. The van der Waals surface area contributed by atoms with Gasteiger partial charge in [0.2, 0.25) is 0 Å². The fraction of sp³-hybridized carbons (Fsp3) is 0.235. The van der Waals surface area contributed by atoms with E-state index >= 15 is 0 Å². The van der Waals surface area contributed by atoms with Crippen LogP contribution < -0.4 is 20.1 Å². The normalized spacial score (nSPS) is 15.8. The quantitative estimate of drug-likeness (QED) is 0.905. The van der Waals surface area contributed by atoms with Crippen LogP contribution in [0.25, 0.3) is 0 Å². The molecule has 2 N–H and O–H groups in total. The second kappa shape index (κ2) is 7.24. The lowest BCUT2D eigenvalue weighted by Gasteiger charge is -2.26. The topological polar surface area (TPSA) is 59.6 Å². The number of ether oxygens (including phenoxy) is 2. The van der Waals surface area contributed by atoms with Gasteiger partial charge in [-0.15, -0.1) is 0 Å². The van der Waals surface area contributed by atoms with E-state index in [9.17, 15) is 4.79 Å². The monoisotopic (exact) mass is 332 g/mol. The molecule has 0 aliphatic carbocycles. The van der Waals surface area contributed by atoms with Crippen molar-refractivity contribution in [3.8, 4) is 11.5 Å². The summed E-state index contributed by atoms with van der Waals surface area (Å²) in [7, 11) is 0. The van der Waals surface area contributed by atoms with Crippen molar-refractivity contribution < 1.29 is 14.3 Å². The molecule has 1 aliphatic heterocycles. The van der Waals surface area contributed by atoms with Crippen molar-refractivity contribution in [2.75, 3.05) is 13.2 Å². The molecule has 2 aromatic rings. The first-order valence-corrected chi connectivity index (χ1v) is 7.73. The second-order valence-corrected chi connectivity index (χ2v) is 5.63. The number of hydrogen-bond donors (Lipinski definition) is 2. The van der Waals surface area contributed by atoms with E-state index < -0.39 is 0 Å². The average Bonchev–Trinajstić information content (AvgIpc) is 2.58. The molecule has 1 aliphatic rings. The summed E-state index contributed by atoms with van der Waals surface area (Å²) in [5.41, 5.74) is 0.943. The molecular weight excluding hydrogens is 316 g/mol. The minimum atomic E-state index is -0.257. The van der Waals surface area contributed by atoms with Crippen molar-refractivity contribution in [3.05, 3.63) is 59.1 Å². The van der Waals surface area contributed by atoms with Gasteiger partial charge in [-0.2, -0.15) is 0 Å². The minimum absolute atomic E-state index is 0.207. The first-order valence-electron chi connectivity index (χ1n) is 7.35. The lowest BCUT2D eigenvalue weighted by molar-refractivity contribution is 0.0918. The Kier molecular flexibility index (Phi) is 4.88. The number of para-hydroxylation sites is 2. The van der Waals surface area contributed by atoms with Gasteiger partial charge in [0, 0.05) is 11.6 Å². The number of amides is 2. The summed E-state index contributed by atoms with van der Waals surface area (Å²) in [6.07, 6.45) is -0.207. The lowest BCUT2D eigenvalue weighted by Crippen LogP contribution is -2.44. The molecule has 23 heavy (non-hydrogen) atoms. The van der Waals surface area contributed by atoms with Gasteiger partial charge >= 0.3 is 6.03 Å². The van der Waals surface area contributed by atoms with Gasteiger partial charge in [-0.25, -0.2) is 4.79 Å². The first kappa shape index (κ1) is 15.5. The zero-order valence-electron chi connectivity index (χ0n) is 12.4. The highest BCUT2D eigenvalue weighted by atomic mass is 35.5. The van der Waals surface area contributed by atoms with Crippen LogP contribution in [0.2, 0.25) is 5.02 Å². The number of urea groups is 1. The van der Waals surface area contributed by atoms with Gasteiger partial charge in [-0.05, 0) is 29.8 Å². The standard InChI is InChI=1S/C17H17ClN2O3/c18-13-5-3-4-12(8-13)9-19-17(21)20-10-14-11-22-15-6-1-2-7-16(15)23-14/h1-8,14H,9-11H2,(H2,19,20,21)/t14-/m0/s1. The van der Waals surface area contributed by atoms with Gasteiger partial charge < -0.3 is 20.1 Å². The molecule has 6 heteroatoms. The van der Waals surface area contributed by atoms with E-state index in [0.717, 1.165) is 11.3 Å². The number of nitrogens with one attached hydrogen (secondary N) is 2. The van der Waals surface area contributed by atoms with E-state index in [1.54, 1.807) is 6.07 Å². The van der Waals surface area contributed by atoms with E-state index in [1.165, 1.54) is 0 Å². The van der Waals surface area contributed by atoms with Crippen LogP contribution in [0.4, 0.5) is 4.79 Å². The van der Waals surface area contributed by atoms with Crippen LogP contribution in [-0.2, 0) is 6.54 Å². The van der Waals surface area contributed by atoms with Gasteiger partial charge in [-0.3, -0.25) is 0 Å². The molecule has 2 aromatic carbocycles. The molecule has 0 radical (unpaired) electrons. The number of carbonyl (C=O) groups excluding carboxylic acids is 1. The Hall–Kier alpha value is -2.40. The Labute approximate surface area is 139 Å². The summed E-state index contributed by atoms with van der Waals surface area (Å²) in [4.78, 5) is 11.8. The predicted molar refractivity (Wildman–Crippen MR) is 88.0 cm³/mol. The van der Waals surface area contributed by atoms with Gasteiger partial charge in [0.05, 0.1) is 6.54 Å². The maximum absolute atomic E-state index is 11.8. The highest BCUT2D eigenvalue weighted by molar-refractivity contribution is 6.30. The fourth-order valence-electron chi connectivity index (χ4n) is 2.26. The van der Waals surface area contributed by atoms with Crippen molar-refractivity contribution in [2.45, 2.75) is 12.6 Å². The Morgan fingerprint density at radius 2 is 1.96 bits per heavy atom. The number of carbonyl (C=O) groups is 1. The van der Waals surface area contributed by atoms with E-state index in [4.69, 9.17) is 21.1 Å². The zero-order chi connectivity index (χ0) is 16.1. The molecule has 120 valence electrons. The van der Waals surface area contributed by atoms with Crippen molar-refractivity contribution >= 4 is 17.6 Å². The molecule has 0 aromatic heterocycles. The first-order chi connectivity index (χ1) is 11.2. The Bertz CT molecular complexity index is 693. The molecule has 1 heterocycles. The maximum atomic E-state index is 11.8. The molecule has 3 rings (SSSR count). The van der Waals surface area contributed by atoms with Gasteiger partial charge in [0.15, 0.2) is 17.6 Å². The van der Waals surface area contributed by atoms with Crippen LogP contribution in [-0.4, -0.2) is 25.3 Å². The average molecular weight is 333 g/mol. The summed E-state index contributed by atoms with van der Waals surface area (Å²) in [6, 6.07) is 14.6. The molecule has 0 saturated heterocycles. The van der Waals surface area contributed by atoms with E-state index in [0.29, 0.717) is 30.5 Å². The predicted octanol–water partition coefficient (Wildman–Crippen LogP) is 2.98. The summed E-state index contributed by atoms with van der Waals surface area (Å²) in [6.45, 7) is 1.19. The minimum Gasteiger partial charge on any atom is -0.486 e. The van der Waals surface area contributed by atoms with Crippen molar-refractivity contribution in [1.82, 2.24) is 10.6 Å². The molecule has 0 fully saturated rings. The van der Waals surface area contributed by atoms with Crippen molar-refractivity contribution in [2.24, 2.45) is 0 Å². The number of benzene rings is 2. The number of halogens is 1. The second-order valence-electron chi connectivity index (χ2n) is 5.19. The number of rotatable bonds is 4. The maximum Gasteiger partial charge on any atom is 0.315 e. The van der Waals surface area contributed by atoms with Crippen molar-refractivity contribution in [1.29, 1.82) is 0 Å². The summed E-state index contributed by atoms with van der Waals surface area (Å²) >= 11 is 5.91. The van der Waals surface area contributed by atoms with E-state index in [1.807, 2.05) is 42.5 Å². The molecular formula is C17H17ClN2O3. The fourth-order valence-corrected chi connectivity index (χ4v) is 2.47. The smallest absolute Gasteiger partial charge is 0.315 e. The molecule has 1 atom stereocenters. The summed E-state index contributed by atoms with van der Waals surface area (Å²) in [5.74, 6) is 1.43. The van der Waals surface area contributed by atoms with Gasteiger partial charge in [0.25, 0.3) is 0 Å². The highest BCUT2D eigenvalue weighted by Crippen LogP contribution is 2.30. The molecule has 2 amide bonds. The zero-order valence-corrected chi connectivity index (χ0v) is 13.2. The van der Waals surface area contributed by atoms with Gasteiger partial charge in [-0.1, -0.05) is 35.9 Å². The third-order valence-electron chi connectivity index (χ3n) is 3.40. The van der Waals surface area contributed by atoms with Crippen molar-refractivity contribution in [3.63, 3.8) is 0 Å². The van der Waals surface area contributed by atoms with Crippen LogP contribution in [0.5, 0.6) is 11.5 Å². The summed E-state index contributed by atoms with van der Waals surface area (Å²) < 4.78 is 11.4. The van der Waals surface area contributed by atoms with Crippen LogP contribution in [0.15, 0.2) is 48.5 Å². The number of fused-ring (bicyclic) bond motifs is 1. The summed E-state index contributed by atoms with van der Waals surface area (Å²) in [5, 5.41) is 6.21. The number of hydrogen-bond acceptors (Lipinski definition) is 3. The molecule has 0 bridgehead atoms. The van der Waals surface area contributed by atoms with Gasteiger partial charge in [0.1, 0.15) is 6.61 Å². The van der Waals surface area contributed by atoms with Crippen LogP contribution >= 0.6 is 11.6 Å². The van der Waals surface area contributed by atoms with Crippen LogP contribution in [0.1, 0.15) is 5.56 Å². The third-order valence-corrected chi connectivity index (χ3v) is 3.64. The Morgan fingerprint density at radius 1 is 1.13 bits per heavy atom. The molecule has 0 spiro atoms. The molecule has 0 saturated carbocycles. The van der Waals surface area contributed by atoms with E-state index in [-0.39, 0.29) is 12.1 Å². The third kappa shape index (κ3) is 4.29. The van der Waals surface area contributed by atoms with E-state index in [2.05, 4.69) is 10.6 Å². The van der Waals surface area contributed by atoms with Crippen LogP contribution in [0, 0.1) is 0 Å². The van der Waals surface area contributed by atoms with Crippen LogP contribution in [0.3, 0.4) is 0 Å². The molecule has 0 unspecified atom stereocenters. The Balaban J connectivity index is 1.43. The Morgan fingerprint density at radius 3 is 2.78 bits per heavy atom. The largest absolute Gasteiger partial charge is 0.486 e. The SMILES string of the molecule is O=C(NCc1cccc(Cl)c1)NC[C@H]1COc2ccccc2O1. The highest BCUT2D eigenvalue weighted by Gasteiger charge is 2.20.